The minimum Gasteiger partial charge on any atom is -0.384 e. The normalized spacial score (nSPS) is 13.2. The number of hydrogen-bond donors (Lipinski definition) is 1. The number of halogens is 1. The van der Waals surface area contributed by atoms with E-state index < -0.39 is 0 Å². The van der Waals surface area contributed by atoms with Gasteiger partial charge < -0.3 is 9.88 Å². The SMILES string of the molecule is C1=Cn2cccc2CN1.Cl. The van der Waals surface area contributed by atoms with Crippen LogP contribution in [0.3, 0.4) is 0 Å². The van der Waals surface area contributed by atoms with Gasteiger partial charge in [-0.1, -0.05) is 0 Å². The zero-order valence-corrected chi connectivity index (χ0v) is 6.27. The minimum absolute atomic E-state index is 0. The predicted molar refractivity (Wildman–Crippen MR) is 43.8 cm³/mol. The third-order valence-corrected chi connectivity index (χ3v) is 1.50. The Labute approximate surface area is 66.0 Å². The molecule has 0 unspecified atom stereocenters. The van der Waals surface area contributed by atoms with Crippen LogP contribution in [0.5, 0.6) is 0 Å². The van der Waals surface area contributed by atoms with E-state index in [1.54, 1.807) is 0 Å². The van der Waals surface area contributed by atoms with Crippen LogP contribution in [0, 0.1) is 0 Å². The van der Waals surface area contributed by atoms with Crippen LogP contribution in [0.25, 0.3) is 6.20 Å². The first-order valence-corrected chi connectivity index (χ1v) is 3.02. The van der Waals surface area contributed by atoms with Gasteiger partial charge in [0.25, 0.3) is 0 Å². The summed E-state index contributed by atoms with van der Waals surface area (Å²) in [6.45, 7) is 0.948. The summed E-state index contributed by atoms with van der Waals surface area (Å²) in [5.41, 5.74) is 1.32. The molecule has 0 saturated heterocycles. The van der Waals surface area contributed by atoms with Gasteiger partial charge in [0.15, 0.2) is 0 Å². The van der Waals surface area contributed by atoms with Crippen molar-refractivity contribution in [3.63, 3.8) is 0 Å². The van der Waals surface area contributed by atoms with E-state index in [0.29, 0.717) is 0 Å². The van der Waals surface area contributed by atoms with E-state index in [1.807, 2.05) is 24.7 Å². The molecular weight excluding hydrogens is 148 g/mol. The highest BCUT2D eigenvalue weighted by Gasteiger charge is 1.98. The highest BCUT2D eigenvalue weighted by molar-refractivity contribution is 5.85. The van der Waals surface area contributed by atoms with Gasteiger partial charge in [0.1, 0.15) is 0 Å². The quantitative estimate of drug-likeness (QED) is 0.602. The van der Waals surface area contributed by atoms with Gasteiger partial charge in [0, 0.05) is 24.3 Å². The topological polar surface area (TPSA) is 17.0 Å². The molecule has 0 atom stereocenters. The Balaban J connectivity index is 0.000000500. The highest BCUT2D eigenvalue weighted by Crippen LogP contribution is 2.04. The number of fused-ring (bicyclic) bond motifs is 1. The molecule has 3 heteroatoms. The van der Waals surface area contributed by atoms with E-state index in [0.717, 1.165) is 6.54 Å². The number of rotatable bonds is 0. The zero-order chi connectivity index (χ0) is 6.10. The molecule has 0 fully saturated rings. The lowest BCUT2D eigenvalue weighted by molar-refractivity contribution is 0.789. The molecule has 0 bridgehead atoms. The fourth-order valence-corrected chi connectivity index (χ4v) is 1.02. The monoisotopic (exact) mass is 156 g/mol. The molecule has 1 aliphatic rings. The van der Waals surface area contributed by atoms with Gasteiger partial charge in [0.05, 0.1) is 6.54 Å². The lowest BCUT2D eigenvalue weighted by atomic mass is 10.4. The fraction of sp³-hybridized carbons (Fsp3) is 0.143. The van der Waals surface area contributed by atoms with Crippen LogP contribution in [-0.4, -0.2) is 4.57 Å². The summed E-state index contributed by atoms with van der Waals surface area (Å²) in [5.74, 6) is 0. The van der Waals surface area contributed by atoms with Crippen LogP contribution in [-0.2, 0) is 6.54 Å². The molecule has 54 valence electrons. The summed E-state index contributed by atoms with van der Waals surface area (Å²) in [4.78, 5) is 0. The Hall–Kier alpha value is -0.890. The molecule has 0 aromatic carbocycles. The molecule has 0 aliphatic carbocycles. The maximum atomic E-state index is 3.13. The summed E-state index contributed by atoms with van der Waals surface area (Å²) in [7, 11) is 0. The minimum atomic E-state index is 0. The van der Waals surface area contributed by atoms with Gasteiger partial charge >= 0.3 is 0 Å². The van der Waals surface area contributed by atoms with Gasteiger partial charge in [0.2, 0.25) is 0 Å². The second kappa shape index (κ2) is 2.80. The fourth-order valence-electron chi connectivity index (χ4n) is 1.02. The van der Waals surface area contributed by atoms with Crippen molar-refractivity contribution in [1.82, 2.24) is 9.88 Å². The molecule has 1 N–H and O–H groups in total. The molecule has 0 radical (unpaired) electrons. The second-order valence-corrected chi connectivity index (χ2v) is 2.10. The summed E-state index contributed by atoms with van der Waals surface area (Å²) >= 11 is 0. The van der Waals surface area contributed by atoms with Crippen molar-refractivity contribution in [3.8, 4) is 0 Å². The molecule has 0 saturated carbocycles. The van der Waals surface area contributed by atoms with Crippen molar-refractivity contribution in [1.29, 1.82) is 0 Å². The molecule has 0 spiro atoms. The van der Waals surface area contributed by atoms with Crippen molar-refractivity contribution in [3.05, 3.63) is 30.2 Å². The van der Waals surface area contributed by atoms with Crippen molar-refractivity contribution in [2.24, 2.45) is 0 Å². The average Bonchev–Trinajstić information content (AvgIpc) is 2.33. The molecular formula is C7H9ClN2. The zero-order valence-electron chi connectivity index (χ0n) is 5.45. The van der Waals surface area contributed by atoms with E-state index in [1.165, 1.54) is 5.69 Å². The van der Waals surface area contributed by atoms with E-state index in [9.17, 15) is 0 Å². The first-order chi connectivity index (χ1) is 4.47. The van der Waals surface area contributed by atoms with Crippen LogP contribution in [0.2, 0.25) is 0 Å². The van der Waals surface area contributed by atoms with Gasteiger partial charge in [-0.25, -0.2) is 0 Å². The van der Waals surface area contributed by atoms with Crippen LogP contribution >= 0.6 is 12.4 Å². The van der Waals surface area contributed by atoms with Crippen LogP contribution in [0.4, 0.5) is 0 Å². The Kier molecular flexibility index (Phi) is 2.02. The van der Waals surface area contributed by atoms with E-state index in [4.69, 9.17) is 0 Å². The van der Waals surface area contributed by atoms with Crippen molar-refractivity contribution >= 4 is 18.6 Å². The summed E-state index contributed by atoms with van der Waals surface area (Å²) in [6, 6.07) is 4.16. The second-order valence-electron chi connectivity index (χ2n) is 2.10. The van der Waals surface area contributed by atoms with E-state index in [-0.39, 0.29) is 12.4 Å². The largest absolute Gasteiger partial charge is 0.384 e. The lowest BCUT2D eigenvalue weighted by Crippen LogP contribution is -2.12. The van der Waals surface area contributed by atoms with E-state index >= 15 is 0 Å². The molecule has 2 nitrogen and oxygen atoms in total. The smallest absolute Gasteiger partial charge is 0.0551 e. The molecule has 1 aromatic heterocycles. The van der Waals surface area contributed by atoms with Crippen molar-refractivity contribution < 1.29 is 0 Å². The Morgan fingerprint density at radius 2 is 2.40 bits per heavy atom. The number of nitrogens with zero attached hydrogens (tertiary/aromatic N) is 1. The highest BCUT2D eigenvalue weighted by atomic mass is 35.5. The third-order valence-electron chi connectivity index (χ3n) is 1.50. The summed E-state index contributed by atoms with van der Waals surface area (Å²) < 4.78 is 2.11. The Morgan fingerprint density at radius 3 is 3.20 bits per heavy atom. The Morgan fingerprint density at radius 1 is 1.50 bits per heavy atom. The molecule has 1 aliphatic heterocycles. The number of hydrogen-bond acceptors (Lipinski definition) is 1. The number of nitrogens with one attached hydrogen (secondary N) is 1. The maximum absolute atomic E-state index is 3.13. The number of aromatic nitrogens is 1. The van der Waals surface area contributed by atoms with Crippen molar-refractivity contribution in [2.75, 3.05) is 0 Å². The van der Waals surface area contributed by atoms with Gasteiger partial charge in [-0.2, -0.15) is 0 Å². The first kappa shape index (κ1) is 7.22. The first-order valence-electron chi connectivity index (χ1n) is 3.02. The maximum Gasteiger partial charge on any atom is 0.0551 e. The van der Waals surface area contributed by atoms with Gasteiger partial charge in [-0.15, -0.1) is 12.4 Å². The molecule has 1 aromatic rings. The molecule has 2 heterocycles. The summed E-state index contributed by atoms with van der Waals surface area (Å²) in [5, 5.41) is 3.13. The third kappa shape index (κ3) is 1.02. The van der Waals surface area contributed by atoms with E-state index in [2.05, 4.69) is 16.0 Å². The van der Waals surface area contributed by atoms with Crippen LogP contribution in [0.15, 0.2) is 24.5 Å². The van der Waals surface area contributed by atoms with Gasteiger partial charge in [-0.3, -0.25) is 0 Å². The Bertz CT molecular complexity index is 240. The van der Waals surface area contributed by atoms with Gasteiger partial charge in [-0.05, 0) is 12.1 Å². The molecule has 0 amide bonds. The standard InChI is InChI=1S/C7H8N2.ClH/c1-2-7-6-8-3-5-9(7)4-1;/h1-5,8H,6H2;1H. The molecule has 2 rings (SSSR count). The predicted octanol–water partition coefficient (Wildman–Crippen LogP) is 1.44. The lowest BCUT2D eigenvalue weighted by Gasteiger charge is -2.08. The van der Waals surface area contributed by atoms with Crippen molar-refractivity contribution in [2.45, 2.75) is 6.54 Å². The van der Waals surface area contributed by atoms with Crippen LogP contribution < -0.4 is 5.32 Å². The molecule has 10 heavy (non-hydrogen) atoms. The summed E-state index contributed by atoms with van der Waals surface area (Å²) in [6.07, 6.45) is 6.01. The van der Waals surface area contributed by atoms with Crippen LogP contribution in [0.1, 0.15) is 5.69 Å². The average molecular weight is 157 g/mol.